The molecule has 0 saturated carbocycles. The van der Waals surface area contributed by atoms with Crippen LogP contribution in [0.1, 0.15) is 27.9 Å². The Morgan fingerprint density at radius 2 is 1.50 bits per heavy atom. The van der Waals surface area contributed by atoms with Gasteiger partial charge in [-0.3, -0.25) is 9.10 Å². The largest absolute Gasteiger partial charge is 1.00 e. The second kappa shape index (κ2) is 15.1. The van der Waals surface area contributed by atoms with Gasteiger partial charge in [0.15, 0.2) is 0 Å². The van der Waals surface area contributed by atoms with E-state index in [-0.39, 0.29) is 42.3 Å². The third-order valence-electron chi connectivity index (χ3n) is 6.67. The smallest absolute Gasteiger partial charge is 0.548 e. The van der Waals surface area contributed by atoms with Gasteiger partial charge in [-0.25, -0.2) is 8.42 Å². The Morgan fingerprint density at radius 1 is 0.881 bits per heavy atom. The minimum Gasteiger partial charge on any atom is -0.548 e. The molecule has 0 aliphatic carbocycles. The number of carboxylic acids is 1. The average Bonchev–Trinajstić information content (AvgIpc) is 2.98. The van der Waals surface area contributed by atoms with Gasteiger partial charge in [0, 0.05) is 5.56 Å². The van der Waals surface area contributed by atoms with Gasteiger partial charge in [0.2, 0.25) is 0 Å². The molecule has 0 bridgehead atoms. The van der Waals surface area contributed by atoms with E-state index in [1.165, 1.54) is 16.1 Å². The maximum absolute atomic E-state index is 13.8. The molecule has 0 saturated heterocycles. The second-order valence-corrected chi connectivity index (χ2v) is 12.3. The maximum Gasteiger partial charge on any atom is 1.00 e. The minimum atomic E-state index is -3.92. The van der Waals surface area contributed by atoms with Gasteiger partial charge >= 0.3 is 18.9 Å². The molecule has 0 aliphatic rings. The number of thioether (sulfide) groups is 1. The number of carboxylic acid groups (broad SMARTS) is 1. The number of para-hydroxylation sites is 1. The predicted molar refractivity (Wildman–Crippen MR) is 162 cm³/mol. The normalized spacial score (nSPS) is 11.7. The van der Waals surface area contributed by atoms with Crippen molar-refractivity contribution >= 4 is 39.3 Å². The topological polar surface area (TPSA) is 107 Å². The standard InChI is InChI=1S/C32H32N2O5S2.Li/c1-23-11-9-10-16-27(23)29-21-24(17-18-28(29)31(35)33-30(32(36)37)19-20-40-2)22-34(25-12-5-3-6-13-25)41(38,39)26-14-7-4-8-15-26;/h3-18,21,30H,19-20,22H2,1-2H3,(H,33,35)(H,36,37);/q;+1/p-1/t30-;/m0./s1. The van der Waals surface area contributed by atoms with Crippen LogP contribution >= 0.6 is 11.8 Å². The fraction of sp³-hybridized carbons (Fsp3) is 0.188. The van der Waals surface area contributed by atoms with Crippen LogP contribution in [0.5, 0.6) is 0 Å². The molecule has 0 radical (unpaired) electrons. The molecule has 0 aliphatic heterocycles. The molecular formula is C32H31LiN2O5S2. The fourth-order valence-corrected chi connectivity index (χ4v) is 6.45. The molecule has 0 spiro atoms. The quantitative estimate of drug-likeness (QED) is 0.250. The molecule has 0 fully saturated rings. The van der Waals surface area contributed by atoms with Crippen molar-refractivity contribution in [2.75, 3.05) is 16.3 Å². The van der Waals surface area contributed by atoms with E-state index in [4.69, 9.17) is 0 Å². The summed E-state index contributed by atoms with van der Waals surface area (Å²) in [5.74, 6) is -1.33. The Bertz CT molecular complexity index is 1620. The number of nitrogens with zero attached hydrogens (tertiary/aromatic N) is 1. The van der Waals surface area contributed by atoms with Gasteiger partial charge < -0.3 is 15.2 Å². The first-order chi connectivity index (χ1) is 19.7. The number of aryl methyl sites for hydroxylation is 1. The van der Waals surface area contributed by atoms with Crippen molar-refractivity contribution in [3.05, 3.63) is 120 Å². The van der Waals surface area contributed by atoms with Crippen LogP contribution in [0.15, 0.2) is 108 Å². The van der Waals surface area contributed by atoms with E-state index >= 15 is 0 Å². The average molecular weight is 595 g/mol. The van der Waals surface area contributed by atoms with Crippen molar-refractivity contribution in [2.45, 2.75) is 30.8 Å². The SMILES string of the molecule is CSCC[C@H](NC(=O)c1ccc(CN(c2ccccc2)S(=O)(=O)c2ccccc2)cc1-c1ccccc1C)C(=O)[O-].[Li+]. The molecule has 4 aromatic rings. The van der Waals surface area contributed by atoms with Crippen LogP contribution in [0.2, 0.25) is 0 Å². The number of nitrogens with one attached hydrogen (secondary N) is 1. The molecule has 1 atom stereocenters. The number of rotatable bonds is 12. The molecule has 4 rings (SSSR count). The van der Waals surface area contributed by atoms with Gasteiger partial charge in [-0.05, 0) is 84.0 Å². The molecule has 212 valence electrons. The number of benzene rings is 4. The van der Waals surface area contributed by atoms with Gasteiger partial charge in [0.05, 0.1) is 29.1 Å². The first-order valence-corrected chi connectivity index (χ1v) is 15.9. The van der Waals surface area contributed by atoms with E-state index in [0.29, 0.717) is 22.6 Å². The van der Waals surface area contributed by atoms with Crippen molar-refractivity contribution in [2.24, 2.45) is 0 Å². The summed E-state index contributed by atoms with van der Waals surface area (Å²) in [4.78, 5) is 25.3. The maximum atomic E-state index is 13.8. The van der Waals surface area contributed by atoms with Crippen LogP contribution in [-0.4, -0.2) is 38.3 Å². The van der Waals surface area contributed by atoms with Gasteiger partial charge in [0.1, 0.15) is 0 Å². The summed E-state index contributed by atoms with van der Waals surface area (Å²) in [5, 5.41) is 14.3. The Kier molecular flexibility index (Phi) is 11.9. The number of aliphatic carboxylic acids is 1. The first kappa shape index (κ1) is 33.0. The summed E-state index contributed by atoms with van der Waals surface area (Å²) in [6.45, 7) is 1.93. The van der Waals surface area contributed by atoms with Crippen molar-refractivity contribution in [1.29, 1.82) is 0 Å². The summed E-state index contributed by atoms with van der Waals surface area (Å²) in [6, 6.07) is 28.6. The summed E-state index contributed by atoms with van der Waals surface area (Å²) >= 11 is 1.48. The van der Waals surface area contributed by atoms with Crippen LogP contribution in [0.25, 0.3) is 11.1 Å². The molecule has 0 unspecified atom stereocenters. The molecule has 10 heteroatoms. The van der Waals surface area contributed by atoms with Crippen LogP contribution in [0, 0.1) is 6.92 Å². The van der Waals surface area contributed by atoms with Crippen molar-refractivity contribution in [1.82, 2.24) is 5.32 Å². The summed E-state index contributed by atoms with van der Waals surface area (Å²) in [7, 11) is -3.92. The number of carbonyl (C=O) groups is 2. The van der Waals surface area contributed by atoms with E-state index in [9.17, 15) is 23.1 Å². The Hall–Kier alpha value is -3.48. The number of amides is 1. The molecule has 42 heavy (non-hydrogen) atoms. The summed E-state index contributed by atoms with van der Waals surface area (Å²) < 4.78 is 28.9. The van der Waals surface area contributed by atoms with E-state index in [2.05, 4.69) is 5.32 Å². The molecule has 4 aromatic carbocycles. The second-order valence-electron chi connectivity index (χ2n) is 9.48. The minimum absolute atomic E-state index is 0. The van der Waals surface area contributed by atoms with Crippen LogP contribution in [0.4, 0.5) is 5.69 Å². The number of anilines is 1. The van der Waals surface area contributed by atoms with Crippen molar-refractivity contribution < 1.29 is 42.0 Å². The summed E-state index contributed by atoms with van der Waals surface area (Å²) in [6.07, 6.45) is 2.09. The van der Waals surface area contributed by atoms with E-state index in [0.717, 1.165) is 11.1 Å². The zero-order valence-electron chi connectivity index (χ0n) is 23.8. The molecule has 0 aromatic heterocycles. The van der Waals surface area contributed by atoms with Gasteiger partial charge in [-0.1, -0.05) is 66.7 Å². The Balaban J connectivity index is 0.00000484. The molecule has 0 heterocycles. The van der Waals surface area contributed by atoms with E-state index < -0.39 is 27.9 Å². The number of sulfonamides is 1. The molecule has 1 N–H and O–H groups in total. The third kappa shape index (κ3) is 7.87. The molecule has 1 amide bonds. The van der Waals surface area contributed by atoms with E-state index in [1.807, 2.05) is 43.5 Å². The molecule has 7 nitrogen and oxygen atoms in total. The first-order valence-electron chi connectivity index (χ1n) is 13.0. The van der Waals surface area contributed by atoms with E-state index in [1.54, 1.807) is 72.8 Å². The zero-order valence-corrected chi connectivity index (χ0v) is 25.5. The number of hydrogen-bond donors (Lipinski definition) is 1. The summed E-state index contributed by atoms with van der Waals surface area (Å²) in [5.41, 5.74) is 3.71. The monoisotopic (exact) mass is 594 g/mol. The zero-order chi connectivity index (χ0) is 29.4. The number of carbonyl (C=O) groups excluding carboxylic acids is 2. The van der Waals surface area contributed by atoms with Crippen LogP contribution < -0.4 is 33.6 Å². The van der Waals surface area contributed by atoms with Crippen LogP contribution in [-0.2, 0) is 21.4 Å². The predicted octanol–water partition coefficient (Wildman–Crippen LogP) is 1.66. The molecular weight excluding hydrogens is 563 g/mol. The van der Waals surface area contributed by atoms with Gasteiger partial charge in [-0.15, -0.1) is 0 Å². The Labute approximate surface area is 263 Å². The third-order valence-corrected chi connectivity index (χ3v) is 9.10. The number of hydrogen-bond acceptors (Lipinski definition) is 6. The van der Waals surface area contributed by atoms with Gasteiger partial charge in [-0.2, -0.15) is 11.8 Å². The fourth-order valence-electron chi connectivity index (χ4n) is 4.50. The van der Waals surface area contributed by atoms with Gasteiger partial charge in [0.25, 0.3) is 15.9 Å². The van der Waals surface area contributed by atoms with Crippen molar-refractivity contribution in [3.63, 3.8) is 0 Å². The van der Waals surface area contributed by atoms with Crippen LogP contribution in [0.3, 0.4) is 0 Å². The van der Waals surface area contributed by atoms with Crippen molar-refractivity contribution in [3.8, 4) is 11.1 Å². The Morgan fingerprint density at radius 3 is 2.12 bits per heavy atom.